The summed E-state index contributed by atoms with van der Waals surface area (Å²) in [6.07, 6.45) is 2.89. The Kier molecular flexibility index (Phi) is 3.71. The third kappa shape index (κ3) is 3.53. The molecule has 0 saturated heterocycles. The normalized spacial score (nSPS) is 21.6. The number of hydrogen-bond donors (Lipinski definition) is 1. The average Bonchev–Trinajstić information content (AvgIpc) is 2.15. The number of nitrogens with zero attached hydrogens (tertiary/aromatic N) is 1. The predicted octanol–water partition coefficient (Wildman–Crippen LogP) is 1.09. The molecule has 86 valence electrons. The number of hydroxylamine groups is 2. The molecule has 5 nitrogen and oxygen atoms in total. The van der Waals surface area contributed by atoms with Crippen molar-refractivity contribution in [3.8, 4) is 0 Å². The lowest BCUT2D eigenvalue weighted by Gasteiger charge is -2.31. The topological polar surface area (TPSA) is 59.0 Å². The second-order valence-electron chi connectivity index (χ2n) is 4.28. The van der Waals surface area contributed by atoms with E-state index >= 15 is 0 Å². The molecule has 0 bridgehead atoms. The molecule has 0 aliphatic carbocycles. The Morgan fingerprint density at radius 2 is 2.33 bits per heavy atom. The van der Waals surface area contributed by atoms with Crippen LogP contribution in [0.4, 0.5) is 4.79 Å². The van der Waals surface area contributed by atoms with E-state index in [1.165, 1.54) is 0 Å². The number of aliphatic hydroxyl groups is 1. The van der Waals surface area contributed by atoms with Gasteiger partial charge in [0.1, 0.15) is 11.6 Å². The standard InChI is InChI=1S/C10H17NO4/c1-10(2,3)15-9(13)11-8(7-12)5-4-6-14-11/h4-5,8,12H,6-7H2,1-3H3/t8-/m1/s1. The van der Waals surface area contributed by atoms with Crippen LogP contribution in [0.1, 0.15) is 20.8 Å². The number of amides is 1. The smallest absolute Gasteiger partial charge is 0.435 e. The van der Waals surface area contributed by atoms with E-state index in [9.17, 15) is 4.79 Å². The highest BCUT2D eigenvalue weighted by Crippen LogP contribution is 2.15. The van der Waals surface area contributed by atoms with Crippen molar-refractivity contribution in [1.82, 2.24) is 5.06 Å². The monoisotopic (exact) mass is 215 g/mol. The molecule has 1 aliphatic heterocycles. The molecule has 1 atom stereocenters. The number of hydrogen-bond acceptors (Lipinski definition) is 4. The molecule has 1 N–H and O–H groups in total. The van der Waals surface area contributed by atoms with Crippen molar-refractivity contribution in [1.29, 1.82) is 0 Å². The van der Waals surface area contributed by atoms with Gasteiger partial charge in [0.05, 0.1) is 13.2 Å². The van der Waals surface area contributed by atoms with Crippen LogP contribution in [0.5, 0.6) is 0 Å². The fraction of sp³-hybridized carbons (Fsp3) is 0.700. The Morgan fingerprint density at radius 3 is 2.87 bits per heavy atom. The molecular formula is C10H17NO4. The number of rotatable bonds is 1. The zero-order valence-corrected chi connectivity index (χ0v) is 9.27. The fourth-order valence-electron chi connectivity index (χ4n) is 1.14. The SMILES string of the molecule is CC(C)(C)OC(=O)N1OCC=C[C@@H]1CO. The van der Waals surface area contributed by atoms with Crippen LogP contribution in [0.3, 0.4) is 0 Å². The van der Waals surface area contributed by atoms with Gasteiger partial charge in [-0.1, -0.05) is 12.2 Å². The van der Waals surface area contributed by atoms with Gasteiger partial charge in [0.25, 0.3) is 0 Å². The minimum Gasteiger partial charge on any atom is -0.442 e. The number of aliphatic hydroxyl groups excluding tert-OH is 1. The summed E-state index contributed by atoms with van der Waals surface area (Å²) in [5, 5.41) is 10.1. The number of carbonyl (C=O) groups excluding carboxylic acids is 1. The first-order valence-electron chi connectivity index (χ1n) is 4.86. The molecule has 1 rings (SSSR count). The van der Waals surface area contributed by atoms with Crippen molar-refractivity contribution in [3.63, 3.8) is 0 Å². The fourth-order valence-corrected chi connectivity index (χ4v) is 1.14. The van der Waals surface area contributed by atoms with Gasteiger partial charge in [-0.15, -0.1) is 0 Å². The van der Waals surface area contributed by atoms with E-state index in [-0.39, 0.29) is 6.61 Å². The molecular weight excluding hydrogens is 198 g/mol. The zero-order valence-electron chi connectivity index (χ0n) is 9.27. The first kappa shape index (κ1) is 12.0. The largest absolute Gasteiger partial charge is 0.442 e. The lowest BCUT2D eigenvalue weighted by molar-refractivity contribution is -0.165. The van der Waals surface area contributed by atoms with Gasteiger partial charge in [0, 0.05) is 0 Å². The first-order valence-corrected chi connectivity index (χ1v) is 4.86. The maximum atomic E-state index is 11.6. The van der Waals surface area contributed by atoms with Gasteiger partial charge < -0.3 is 9.84 Å². The van der Waals surface area contributed by atoms with Gasteiger partial charge >= 0.3 is 6.09 Å². The maximum absolute atomic E-state index is 11.6. The molecule has 0 aromatic rings. The molecule has 0 fully saturated rings. The minimum atomic E-state index is -0.578. The highest BCUT2D eigenvalue weighted by atomic mass is 16.7. The lowest BCUT2D eigenvalue weighted by atomic mass is 10.2. The molecule has 0 radical (unpaired) electrons. The highest BCUT2D eigenvalue weighted by Gasteiger charge is 2.29. The summed E-state index contributed by atoms with van der Waals surface area (Å²) in [4.78, 5) is 16.7. The third-order valence-corrected chi connectivity index (χ3v) is 1.73. The van der Waals surface area contributed by atoms with Crippen molar-refractivity contribution < 1.29 is 19.5 Å². The van der Waals surface area contributed by atoms with Gasteiger partial charge in [-0.2, -0.15) is 5.06 Å². The van der Waals surface area contributed by atoms with E-state index in [1.807, 2.05) is 0 Å². The Labute approximate surface area is 89.2 Å². The quantitative estimate of drug-likeness (QED) is 0.665. The van der Waals surface area contributed by atoms with Gasteiger partial charge in [-0.25, -0.2) is 4.79 Å². The third-order valence-electron chi connectivity index (χ3n) is 1.73. The van der Waals surface area contributed by atoms with Gasteiger partial charge in [-0.05, 0) is 20.8 Å². The lowest BCUT2D eigenvalue weighted by Crippen LogP contribution is -2.45. The Hall–Kier alpha value is -1.07. The van der Waals surface area contributed by atoms with Crippen LogP contribution < -0.4 is 0 Å². The van der Waals surface area contributed by atoms with E-state index in [2.05, 4.69) is 0 Å². The minimum absolute atomic E-state index is 0.185. The maximum Gasteiger partial charge on any atom is 0.435 e. The summed E-state index contributed by atoms with van der Waals surface area (Å²) in [5.74, 6) is 0. The molecule has 0 aromatic heterocycles. The van der Waals surface area contributed by atoms with Gasteiger partial charge in [0.2, 0.25) is 0 Å². The molecule has 1 amide bonds. The second-order valence-corrected chi connectivity index (χ2v) is 4.28. The number of ether oxygens (including phenoxy) is 1. The molecule has 0 aromatic carbocycles. The van der Waals surface area contributed by atoms with Crippen LogP contribution in [-0.4, -0.2) is 41.1 Å². The average molecular weight is 215 g/mol. The molecule has 0 unspecified atom stereocenters. The zero-order chi connectivity index (χ0) is 11.5. The van der Waals surface area contributed by atoms with Crippen molar-refractivity contribution in [3.05, 3.63) is 12.2 Å². The van der Waals surface area contributed by atoms with Crippen molar-refractivity contribution in [2.45, 2.75) is 32.4 Å². The van der Waals surface area contributed by atoms with E-state index in [0.29, 0.717) is 6.61 Å². The Bertz CT molecular complexity index is 257. The first-order chi connectivity index (χ1) is 6.94. The van der Waals surface area contributed by atoms with Gasteiger partial charge in [-0.3, -0.25) is 4.84 Å². The van der Waals surface area contributed by atoms with E-state index in [4.69, 9.17) is 14.7 Å². The summed E-state index contributed by atoms with van der Waals surface area (Å²) < 4.78 is 5.13. The van der Waals surface area contributed by atoms with Crippen LogP contribution in [0, 0.1) is 0 Å². The Balaban J connectivity index is 2.62. The van der Waals surface area contributed by atoms with Crippen molar-refractivity contribution >= 4 is 6.09 Å². The van der Waals surface area contributed by atoms with Crippen LogP contribution in [0.2, 0.25) is 0 Å². The van der Waals surface area contributed by atoms with E-state index in [1.54, 1.807) is 32.9 Å². The van der Waals surface area contributed by atoms with Crippen LogP contribution in [0.25, 0.3) is 0 Å². The molecule has 0 saturated carbocycles. The molecule has 15 heavy (non-hydrogen) atoms. The predicted molar refractivity (Wildman–Crippen MR) is 54.0 cm³/mol. The Morgan fingerprint density at radius 1 is 1.67 bits per heavy atom. The van der Waals surface area contributed by atoms with Crippen LogP contribution >= 0.6 is 0 Å². The summed E-state index contributed by atoms with van der Waals surface area (Å²) in [7, 11) is 0. The second kappa shape index (κ2) is 4.63. The van der Waals surface area contributed by atoms with Crippen LogP contribution in [0.15, 0.2) is 12.2 Å². The highest BCUT2D eigenvalue weighted by molar-refractivity contribution is 5.67. The van der Waals surface area contributed by atoms with E-state index in [0.717, 1.165) is 5.06 Å². The molecule has 5 heteroatoms. The molecule has 1 heterocycles. The van der Waals surface area contributed by atoms with Gasteiger partial charge in [0.15, 0.2) is 0 Å². The van der Waals surface area contributed by atoms with Crippen LogP contribution in [-0.2, 0) is 9.57 Å². The van der Waals surface area contributed by atoms with Crippen molar-refractivity contribution in [2.75, 3.05) is 13.2 Å². The summed E-state index contributed by atoms with van der Waals surface area (Å²) in [6, 6.07) is -0.464. The molecule has 1 aliphatic rings. The van der Waals surface area contributed by atoms with E-state index < -0.39 is 17.7 Å². The summed E-state index contributed by atoms with van der Waals surface area (Å²) >= 11 is 0. The summed E-state index contributed by atoms with van der Waals surface area (Å²) in [6.45, 7) is 5.46. The number of carbonyl (C=O) groups is 1. The van der Waals surface area contributed by atoms with Crippen molar-refractivity contribution in [2.24, 2.45) is 0 Å². The summed E-state index contributed by atoms with van der Waals surface area (Å²) in [5.41, 5.74) is -0.568. The molecule has 0 spiro atoms.